The number of H-pyrrole nitrogens is 1. The van der Waals surface area contributed by atoms with Crippen LogP contribution in [-0.2, 0) is 4.79 Å². The molecule has 0 aliphatic carbocycles. The standard InChI is InChI=1S/C20H16Cl2N6O4/c1-9(2)11-8-24-14-3-4-16(25-17(11)14)32-18-12(21)5-10(6-13(18)22)27-28-15(7-23)19(29)26-20(30)31/h3-6,8-9,24,27H,1-2H3,(H,26,29)(H,30,31). The molecule has 0 saturated heterocycles. The number of hydrogen-bond acceptors (Lipinski definition) is 7. The summed E-state index contributed by atoms with van der Waals surface area (Å²) in [7, 11) is 0. The number of aromatic amines is 1. The first-order valence-corrected chi connectivity index (χ1v) is 9.88. The van der Waals surface area contributed by atoms with Gasteiger partial charge in [0.1, 0.15) is 6.07 Å². The van der Waals surface area contributed by atoms with E-state index in [1.54, 1.807) is 6.07 Å². The number of carbonyl (C=O) groups is 2. The van der Waals surface area contributed by atoms with Crippen molar-refractivity contribution in [1.82, 2.24) is 15.3 Å². The van der Waals surface area contributed by atoms with Gasteiger partial charge in [0, 0.05) is 12.3 Å². The van der Waals surface area contributed by atoms with Gasteiger partial charge in [-0.1, -0.05) is 37.0 Å². The number of amides is 2. The van der Waals surface area contributed by atoms with Crippen molar-refractivity contribution in [3.8, 4) is 17.7 Å². The third-order valence-electron chi connectivity index (χ3n) is 4.19. The minimum atomic E-state index is -1.61. The third kappa shape index (κ3) is 5.08. The van der Waals surface area contributed by atoms with E-state index >= 15 is 0 Å². The van der Waals surface area contributed by atoms with E-state index in [-0.39, 0.29) is 27.4 Å². The van der Waals surface area contributed by atoms with Gasteiger partial charge in [-0.15, -0.1) is 0 Å². The Bertz CT molecular complexity index is 1260. The molecule has 12 heteroatoms. The number of fused-ring (bicyclic) bond motifs is 1. The van der Waals surface area contributed by atoms with Crippen LogP contribution in [0.3, 0.4) is 0 Å². The zero-order valence-electron chi connectivity index (χ0n) is 16.7. The molecule has 2 aromatic heterocycles. The summed E-state index contributed by atoms with van der Waals surface area (Å²) in [6.45, 7) is 4.12. The number of imide groups is 1. The average molecular weight is 475 g/mol. The highest BCUT2D eigenvalue weighted by Crippen LogP contribution is 2.39. The van der Waals surface area contributed by atoms with Crippen LogP contribution in [0.1, 0.15) is 25.3 Å². The molecular formula is C20H16Cl2N6O4. The van der Waals surface area contributed by atoms with Gasteiger partial charge in [0.15, 0.2) is 5.75 Å². The predicted octanol–water partition coefficient (Wildman–Crippen LogP) is 4.87. The summed E-state index contributed by atoms with van der Waals surface area (Å²) in [5.74, 6) is -0.476. The summed E-state index contributed by atoms with van der Waals surface area (Å²) >= 11 is 12.6. The number of ether oxygens (including phenoxy) is 1. The highest BCUT2D eigenvalue weighted by Gasteiger charge is 2.16. The number of pyridine rings is 1. The van der Waals surface area contributed by atoms with Crippen molar-refractivity contribution in [2.45, 2.75) is 19.8 Å². The average Bonchev–Trinajstić information content (AvgIpc) is 3.14. The number of rotatable bonds is 6. The summed E-state index contributed by atoms with van der Waals surface area (Å²) in [6.07, 6.45) is 0.289. The number of aromatic nitrogens is 2. The molecule has 2 heterocycles. The number of nitrogens with zero attached hydrogens (tertiary/aromatic N) is 3. The molecule has 1 aromatic carbocycles. The van der Waals surface area contributed by atoms with E-state index in [9.17, 15) is 9.59 Å². The molecule has 0 bridgehead atoms. The molecule has 164 valence electrons. The predicted molar refractivity (Wildman–Crippen MR) is 120 cm³/mol. The van der Waals surface area contributed by atoms with Crippen LogP contribution in [0.2, 0.25) is 10.0 Å². The number of hydrogen-bond donors (Lipinski definition) is 4. The van der Waals surface area contributed by atoms with Crippen LogP contribution in [0.4, 0.5) is 10.5 Å². The molecule has 0 radical (unpaired) electrons. The van der Waals surface area contributed by atoms with Gasteiger partial charge in [0.05, 0.1) is 26.8 Å². The van der Waals surface area contributed by atoms with Crippen LogP contribution in [0, 0.1) is 11.3 Å². The molecule has 0 saturated carbocycles. The van der Waals surface area contributed by atoms with Crippen LogP contribution in [-0.4, -0.2) is 32.8 Å². The molecule has 0 aliphatic rings. The maximum atomic E-state index is 11.6. The van der Waals surface area contributed by atoms with Crippen molar-refractivity contribution in [2.75, 3.05) is 5.43 Å². The molecule has 0 aliphatic heterocycles. The van der Waals surface area contributed by atoms with E-state index in [4.69, 9.17) is 38.3 Å². The van der Waals surface area contributed by atoms with Gasteiger partial charge in [-0.25, -0.2) is 9.78 Å². The Hall–Kier alpha value is -3.81. The fourth-order valence-corrected chi connectivity index (χ4v) is 3.29. The number of carbonyl (C=O) groups excluding carboxylic acids is 1. The second-order valence-corrected chi connectivity index (χ2v) is 7.57. The smallest absolute Gasteiger partial charge is 0.411 e. The third-order valence-corrected chi connectivity index (χ3v) is 4.75. The molecule has 4 N–H and O–H groups in total. The Balaban J connectivity index is 1.83. The largest absolute Gasteiger partial charge is 0.465 e. The van der Waals surface area contributed by atoms with Crippen LogP contribution in [0.5, 0.6) is 11.6 Å². The first-order valence-electron chi connectivity index (χ1n) is 9.12. The van der Waals surface area contributed by atoms with Crippen molar-refractivity contribution in [3.63, 3.8) is 0 Å². The number of anilines is 1. The van der Waals surface area contributed by atoms with E-state index in [2.05, 4.69) is 34.3 Å². The van der Waals surface area contributed by atoms with Crippen molar-refractivity contribution in [1.29, 1.82) is 5.26 Å². The molecule has 3 aromatic rings. The van der Waals surface area contributed by atoms with Crippen molar-refractivity contribution in [2.24, 2.45) is 5.10 Å². The van der Waals surface area contributed by atoms with Gasteiger partial charge in [-0.3, -0.25) is 15.5 Å². The number of hydrazone groups is 1. The van der Waals surface area contributed by atoms with Gasteiger partial charge in [-0.05, 0) is 29.7 Å². The second kappa shape index (κ2) is 9.55. The minimum absolute atomic E-state index is 0.115. The quantitative estimate of drug-likeness (QED) is 0.293. The summed E-state index contributed by atoms with van der Waals surface area (Å²) in [5, 5.41) is 22.8. The second-order valence-electron chi connectivity index (χ2n) is 6.76. The maximum absolute atomic E-state index is 11.6. The Morgan fingerprint density at radius 1 is 1.28 bits per heavy atom. The fourth-order valence-electron chi connectivity index (χ4n) is 2.73. The molecule has 10 nitrogen and oxygen atoms in total. The molecule has 2 amide bonds. The van der Waals surface area contributed by atoms with Crippen molar-refractivity contribution < 1.29 is 19.4 Å². The molecular weight excluding hydrogens is 459 g/mol. The monoisotopic (exact) mass is 474 g/mol. The number of halogens is 2. The van der Waals surface area contributed by atoms with Gasteiger partial charge in [0.25, 0.3) is 5.91 Å². The Kier molecular flexibility index (Phi) is 6.82. The normalized spacial score (nSPS) is 11.3. The topological polar surface area (TPSA) is 152 Å². The Morgan fingerprint density at radius 2 is 1.97 bits per heavy atom. The number of nitrogens with one attached hydrogen (secondary N) is 3. The van der Waals surface area contributed by atoms with E-state index in [0.717, 1.165) is 16.6 Å². The first-order chi connectivity index (χ1) is 15.2. The van der Waals surface area contributed by atoms with Gasteiger partial charge >= 0.3 is 6.09 Å². The van der Waals surface area contributed by atoms with Crippen LogP contribution in [0.15, 0.2) is 35.6 Å². The summed E-state index contributed by atoms with van der Waals surface area (Å²) in [6, 6.07) is 7.81. The van der Waals surface area contributed by atoms with Gasteiger partial charge in [0.2, 0.25) is 11.6 Å². The van der Waals surface area contributed by atoms with Crippen molar-refractivity contribution >= 4 is 57.6 Å². The van der Waals surface area contributed by atoms with Crippen LogP contribution >= 0.6 is 23.2 Å². The van der Waals surface area contributed by atoms with Crippen LogP contribution in [0.25, 0.3) is 11.0 Å². The first kappa shape index (κ1) is 22.9. The molecule has 0 spiro atoms. The van der Waals surface area contributed by atoms with Crippen molar-refractivity contribution in [3.05, 3.63) is 46.1 Å². The Labute approximate surface area is 191 Å². The molecule has 32 heavy (non-hydrogen) atoms. The number of nitriles is 1. The van der Waals surface area contributed by atoms with E-state index in [0.29, 0.717) is 5.88 Å². The highest BCUT2D eigenvalue weighted by atomic mass is 35.5. The van der Waals surface area contributed by atoms with E-state index in [1.165, 1.54) is 23.5 Å². The molecule has 0 atom stereocenters. The lowest BCUT2D eigenvalue weighted by Gasteiger charge is -2.11. The van der Waals surface area contributed by atoms with E-state index < -0.39 is 17.7 Å². The molecule has 0 fully saturated rings. The lowest BCUT2D eigenvalue weighted by molar-refractivity contribution is -0.114. The molecule has 3 rings (SSSR count). The molecule has 0 unspecified atom stereocenters. The number of benzene rings is 1. The zero-order valence-corrected chi connectivity index (χ0v) is 18.2. The maximum Gasteiger partial charge on any atom is 0.411 e. The number of carboxylic acid groups (broad SMARTS) is 1. The zero-order chi connectivity index (χ0) is 23.4. The lowest BCUT2D eigenvalue weighted by Crippen LogP contribution is -2.34. The summed E-state index contributed by atoms with van der Waals surface area (Å²) in [5.41, 5.74) is 4.65. The lowest BCUT2D eigenvalue weighted by atomic mass is 10.1. The van der Waals surface area contributed by atoms with Gasteiger partial charge in [-0.2, -0.15) is 10.4 Å². The van der Waals surface area contributed by atoms with E-state index in [1.807, 2.05) is 12.3 Å². The van der Waals surface area contributed by atoms with Gasteiger partial charge < -0.3 is 14.8 Å². The Morgan fingerprint density at radius 3 is 2.56 bits per heavy atom. The minimum Gasteiger partial charge on any atom is -0.465 e. The highest BCUT2D eigenvalue weighted by molar-refractivity contribution is 6.46. The van der Waals surface area contributed by atoms with Crippen LogP contribution < -0.4 is 15.5 Å². The fraction of sp³-hybridized carbons (Fsp3) is 0.150. The SMILES string of the molecule is CC(C)c1c[nH]c2ccc(Oc3c(Cl)cc(NN=C(C#N)C(=O)NC(=O)O)cc3Cl)nc12. The summed E-state index contributed by atoms with van der Waals surface area (Å²) in [4.78, 5) is 29.8. The summed E-state index contributed by atoms with van der Waals surface area (Å²) < 4.78 is 5.80.